The predicted octanol–water partition coefficient (Wildman–Crippen LogP) is 15.4. The zero-order valence-corrected chi connectivity index (χ0v) is 32.6. The van der Waals surface area contributed by atoms with Crippen LogP contribution in [0.4, 0.5) is 17.1 Å². The van der Waals surface area contributed by atoms with Gasteiger partial charge in [-0.3, -0.25) is 0 Å². The van der Waals surface area contributed by atoms with Crippen LogP contribution in [0.5, 0.6) is 0 Å². The van der Waals surface area contributed by atoms with Crippen LogP contribution < -0.4 is 4.90 Å². The first-order valence-electron chi connectivity index (χ1n) is 19.7. The lowest BCUT2D eigenvalue weighted by Gasteiger charge is -2.33. The smallest absolute Gasteiger partial charge is 0.0546 e. The standard InChI is InChI=1S/C23H17N.C19H15N.C13H12/c1-16-12-14-18(15-13-16)24-21-10-3-2-8-19(21)20-9-4-6-17-7-5-11-22(24)23(17)20;1-14-11-12-17-16-9-5-6-10-18(16)20(19(17)13-14)15-7-3-2-4-8-15;1-11-7-9-13(10-8-11)12-5-3-2-4-6-12/h2-15H,1H3;2-13H,1H3;2-10H,1H3. The van der Waals surface area contributed by atoms with Gasteiger partial charge in [0.05, 0.1) is 22.4 Å². The van der Waals surface area contributed by atoms with Crippen molar-refractivity contribution in [3.8, 4) is 27.9 Å². The first-order chi connectivity index (χ1) is 28.0. The number of hydrogen-bond donors (Lipinski definition) is 0. The summed E-state index contributed by atoms with van der Waals surface area (Å²) in [6.45, 7) is 6.38. The Morgan fingerprint density at radius 1 is 0.333 bits per heavy atom. The van der Waals surface area contributed by atoms with Crippen LogP contribution in [-0.4, -0.2) is 4.57 Å². The zero-order valence-electron chi connectivity index (χ0n) is 32.6. The second-order valence-corrected chi connectivity index (χ2v) is 14.8. The number of anilines is 3. The number of nitrogens with zero attached hydrogens (tertiary/aromatic N) is 2. The molecule has 0 unspecified atom stereocenters. The predicted molar refractivity (Wildman–Crippen MR) is 244 cm³/mol. The summed E-state index contributed by atoms with van der Waals surface area (Å²) >= 11 is 0. The van der Waals surface area contributed by atoms with E-state index >= 15 is 0 Å². The molecule has 9 aromatic carbocycles. The van der Waals surface area contributed by atoms with E-state index in [9.17, 15) is 0 Å². The summed E-state index contributed by atoms with van der Waals surface area (Å²) in [7, 11) is 0. The maximum atomic E-state index is 2.38. The molecule has 0 amide bonds. The fourth-order valence-electron chi connectivity index (χ4n) is 8.04. The molecule has 1 aliphatic heterocycles. The second kappa shape index (κ2) is 15.5. The molecule has 0 atom stereocenters. The molecule has 0 bridgehead atoms. The molecule has 0 fully saturated rings. The van der Waals surface area contributed by atoms with Gasteiger partial charge in [0.25, 0.3) is 0 Å². The Morgan fingerprint density at radius 3 is 1.63 bits per heavy atom. The average molecular weight is 733 g/mol. The van der Waals surface area contributed by atoms with Crippen molar-refractivity contribution >= 4 is 49.6 Å². The highest BCUT2D eigenvalue weighted by Crippen LogP contribution is 2.50. The van der Waals surface area contributed by atoms with Gasteiger partial charge in [0.15, 0.2) is 0 Å². The van der Waals surface area contributed by atoms with Crippen molar-refractivity contribution in [3.05, 3.63) is 229 Å². The number of para-hydroxylation sites is 3. The molecular weight excluding hydrogens is 689 g/mol. The van der Waals surface area contributed by atoms with Crippen LogP contribution in [0.25, 0.3) is 60.5 Å². The molecule has 1 aliphatic rings. The molecular formula is C55H44N2. The summed E-state index contributed by atoms with van der Waals surface area (Å²) in [6.07, 6.45) is 0. The highest BCUT2D eigenvalue weighted by atomic mass is 15.2. The molecule has 274 valence electrons. The van der Waals surface area contributed by atoms with Crippen molar-refractivity contribution in [2.45, 2.75) is 20.8 Å². The Hall–Kier alpha value is -7.16. The van der Waals surface area contributed by atoms with Crippen molar-refractivity contribution in [1.29, 1.82) is 0 Å². The van der Waals surface area contributed by atoms with Gasteiger partial charge in [-0.25, -0.2) is 0 Å². The minimum atomic E-state index is 1.20. The molecule has 0 saturated carbocycles. The molecule has 0 spiro atoms. The molecule has 1 aromatic heterocycles. The lowest BCUT2D eigenvalue weighted by molar-refractivity contribution is 1.18. The van der Waals surface area contributed by atoms with E-state index in [-0.39, 0.29) is 0 Å². The van der Waals surface area contributed by atoms with Gasteiger partial charge in [0, 0.05) is 33.1 Å². The summed E-state index contributed by atoms with van der Waals surface area (Å²) in [6, 6.07) is 75.5. The van der Waals surface area contributed by atoms with Crippen LogP contribution in [0.15, 0.2) is 212 Å². The van der Waals surface area contributed by atoms with Gasteiger partial charge in [-0.1, -0.05) is 175 Å². The number of hydrogen-bond acceptors (Lipinski definition) is 1. The highest BCUT2D eigenvalue weighted by Gasteiger charge is 2.25. The Balaban J connectivity index is 0.000000116. The van der Waals surface area contributed by atoms with E-state index in [1.807, 2.05) is 6.07 Å². The minimum Gasteiger partial charge on any atom is -0.309 e. The van der Waals surface area contributed by atoms with Crippen molar-refractivity contribution in [2.24, 2.45) is 0 Å². The summed E-state index contributed by atoms with van der Waals surface area (Å²) < 4.78 is 2.34. The number of aromatic nitrogens is 1. The molecule has 0 N–H and O–H groups in total. The largest absolute Gasteiger partial charge is 0.309 e. The van der Waals surface area contributed by atoms with Gasteiger partial charge in [0.1, 0.15) is 0 Å². The van der Waals surface area contributed by atoms with E-state index in [1.54, 1.807) is 0 Å². The molecule has 10 aromatic rings. The minimum absolute atomic E-state index is 1.20. The Kier molecular flexibility index (Phi) is 9.68. The lowest BCUT2D eigenvalue weighted by Crippen LogP contribution is -2.14. The first kappa shape index (κ1) is 35.5. The molecule has 0 saturated heterocycles. The fraction of sp³-hybridized carbons (Fsp3) is 0.0545. The summed E-state index contributed by atoms with van der Waals surface area (Å²) in [5.41, 5.74) is 16.5. The third-order valence-corrected chi connectivity index (χ3v) is 10.9. The molecule has 11 rings (SSSR count). The van der Waals surface area contributed by atoms with Crippen LogP contribution in [-0.2, 0) is 0 Å². The molecule has 0 radical (unpaired) electrons. The van der Waals surface area contributed by atoms with Crippen molar-refractivity contribution in [3.63, 3.8) is 0 Å². The third-order valence-electron chi connectivity index (χ3n) is 10.9. The topological polar surface area (TPSA) is 8.17 Å². The van der Waals surface area contributed by atoms with Gasteiger partial charge in [0.2, 0.25) is 0 Å². The van der Waals surface area contributed by atoms with Crippen molar-refractivity contribution in [2.75, 3.05) is 4.90 Å². The fourth-order valence-corrected chi connectivity index (χ4v) is 8.04. The number of fused-ring (bicyclic) bond motifs is 5. The summed E-state index contributed by atoms with van der Waals surface area (Å²) in [5, 5.41) is 5.25. The first-order valence-corrected chi connectivity index (χ1v) is 19.7. The quantitative estimate of drug-likeness (QED) is 0.176. The van der Waals surface area contributed by atoms with Gasteiger partial charge in [-0.15, -0.1) is 0 Å². The van der Waals surface area contributed by atoms with Crippen LogP contribution in [0, 0.1) is 20.8 Å². The zero-order chi connectivity index (χ0) is 38.7. The van der Waals surface area contributed by atoms with E-state index in [4.69, 9.17) is 0 Å². The number of aryl methyl sites for hydroxylation is 3. The van der Waals surface area contributed by atoms with Crippen LogP contribution in [0.2, 0.25) is 0 Å². The van der Waals surface area contributed by atoms with Gasteiger partial charge in [-0.05, 0) is 96.9 Å². The van der Waals surface area contributed by atoms with Crippen molar-refractivity contribution < 1.29 is 0 Å². The third kappa shape index (κ3) is 6.99. The Labute approximate surface area is 335 Å². The van der Waals surface area contributed by atoms with Gasteiger partial charge >= 0.3 is 0 Å². The molecule has 2 heterocycles. The maximum absolute atomic E-state index is 2.38. The van der Waals surface area contributed by atoms with E-state index < -0.39 is 0 Å². The highest BCUT2D eigenvalue weighted by molar-refractivity contribution is 6.13. The van der Waals surface area contributed by atoms with Crippen molar-refractivity contribution in [1.82, 2.24) is 4.57 Å². The average Bonchev–Trinajstić information content (AvgIpc) is 3.59. The second-order valence-electron chi connectivity index (χ2n) is 14.8. The number of benzene rings is 9. The van der Waals surface area contributed by atoms with Crippen LogP contribution >= 0.6 is 0 Å². The summed E-state index contributed by atoms with van der Waals surface area (Å²) in [4.78, 5) is 2.38. The molecule has 57 heavy (non-hydrogen) atoms. The van der Waals surface area contributed by atoms with E-state index in [1.165, 1.54) is 94.3 Å². The lowest BCUT2D eigenvalue weighted by atomic mass is 9.91. The Morgan fingerprint density at radius 2 is 0.877 bits per heavy atom. The molecule has 2 nitrogen and oxygen atoms in total. The summed E-state index contributed by atoms with van der Waals surface area (Å²) in [5.74, 6) is 0. The van der Waals surface area contributed by atoms with Crippen LogP contribution in [0.3, 0.4) is 0 Å². The number of rotatable bonds is 3. The van der Waals surface area contributed by atoms with Crippen LogP contribution in [0.1, 0.15) is 16.7 Å². The van der Waals surface area contributed by atoms with E-state index in [0.29, 0.717) is 0 Å². The SMILES string of the molecule is Cc1ccc(-c2ccccc2)cc1.Cc1ccc(N2c3ccccc3-c3cccc4cccc2c34)cc1.Cc1ccc2c3ccccc3n(-c3ccccc3)c2c1. The van der Waals surface area contributed by atoms with Gasteiger partial charge in [-0.2, -0.15) is 0 Å². The van der Waals surface area contributed by atoms with E-state index in [2.05, 4.69) is 236 Å². The van der Waals surface area contributed by atoms with Gasteiger partial charge < -0.3 is 9.47 Å². The Bertz CT molecular complexity index is 2950. The molecule has 0 aliphatic carbocycles. The molecule has 2 heteroatoms. The van der Waals surface area contributed by atoms with E-state index in [0.717, 1.165) is 0 Å². The monoisotopic (exact) mass is 732 g/mol. The normalized spacial score (nSPS) is 11.4. The maximum Gasteiger partial charge on any atom is 0.0546 e.